The fraction of sp³-hybridized carbons (Fsp3) is 0.600. The van der Waals surface area contributed by atoms with Gasteiger partial charge in [-0.05, 0) is 29.9 Å². The number of morpholine rings is 1. The molecule has 2 saturated heterocycles. The Morgan fingerprint density at radius 1 is 1.35 bits per heavy atom. The Bertz CT molecular complexity index is 445. The van der Waals surface area contributed by atoms with Crippen LogP contribution in [-0.2, 0) is 11.3 Å². The van der Waals surface area contributed by atoms with Crippen molar-refractivity contribution in [3.63, 3.8) is 0 Å². The van der Waals surface area contributed by atoms with Gasteiger partial charge in [-0.1, -0.05) is 17.7 Å². The van der Waals surface area contributed by atoms with Crippen LogP contribution in [0.4, 0.5) is 5.69 Å². The topological polar surface area (TPSA) is 24.5 Å². The first-order valence-corrected chi connectivity index (χ1v) is 8.77. The lowest BCUT2D eigenvalue weighted by Gasteiger charge is -2.27. The molecule has 0 saturated carbocycles. The van der Waals surface area contributed by atoms with Crippen LogP contribution in [0.2, 0.25) is 5.02 Å². The van der Waals surface area contributed by atoms with E-state index in [1.165, 1.54) is 23.5 Å². The largest absolute Gasteiger partial charge is 0.381 e. The summed E-state index contributed by atoms with van der Waals surface area (Å²) in [6, 6.07) is 6.98. The third-order valence-electron chi connectivity index (χ3n) is 3.85. The number of hydrogen-bond acceptors (Lipinski definition) is 4. The minimum Gasteiger partial charge on any atom is -0.381 e. The molecule has 2 heterocycles. The first-order valence-electron chi connectivity index (χ1n) is 7.24. The first kappa shape index (κ1) is 14.5. The number of ether oxygens (including phenoxy) is 1. The molecule has 0 radical (unpaired) electrons. The van der Waals surface area contributed by atoms with Gasteiger partial charge >= 0.3 is 0 Å². The summed E-state index contributed by atoms with van der Waals surface area (Å²) in [6.45, 7) is 4.57. The summed E-state index contributed by atoms with van der Waals surface area (Å²) in [6.07, 6.45) is 1.25. The molecule has 3 nitrogen and oxygen atoms in total. The molecule has 2 fully saturated rings. The normalized spacial score (nSPS) is 23.9. The second kappa shape index (κ2) is 7.03. The van der Waals surface area contributed by atoms with E-state index in [1.54, 1.807) is 0 Å². The molecule has 0 amide bonds. The van der Waals surface area contributed by atoms with Crippen molar-refractivity contribution in [3.05, 3.63) is 28.8 Å². The summed E-state index contributed by atoms with van der Waals surface area (Å²) in [4.78, 5) is 2.39. The molecule has 1 aromatic rings. The molecule has 0 spiro atoms. The molecule has 2 aliphatic rings. The van der Waals surface area contributed by atoms with Gasteiger partial charge in [-0.3, -0.25) is 4.90 Å². The molecule has 0 aliphatic carbocycles. The number of nitrogens with zero attached hydrogens (tertiary/aromatic N) is 1. The van der Waals surface area contributed by atoms with Crippen molar-refractivity contribution in [2.45, 2.75) is 19.0 Å². The Labute approximate surface area is 130 Å². The average molecular weight is 313 g/mol. The maximum Gasteiger partial charge on any atom is 0.0594 e. The highest BCUT2D eigenvalue weighted by molar-refractivity contribution is 7.99. The Morgan fingerprint density at radius 2 is 2.20 bits per heavy atom. The highest BCUT2D eigenvalue weighted by Gasteiger charge is 2.16. The molecule has 1 N–H and O–H groups in total. The number of rotatable bonds is 4. The van der Waals surface area contributed by atoms with Crippen LogP contribution in [0.3, 0.4) is 0 Å². The summed E-state index contributed by atoms with van der Waals surface area (Å²) in [5, 5.41) is 4.44. The van der Waals surface area contributed by atoms with E-state index in [9.17, 15) is 0 Å². The van der Waals surface area contributed by atoms with Gasteiger partial charge in [-0.15, -0.1) is 0 Å². The maximum atomic E-state index is 6.43. The number of hydrogen-bond donors (Lipinski definition) is 1. The maximum absolute atomic E-state index is 6.43. The number of halogens is 1. The van der Waals surface area contributed by atoms with Crippen LogP contribution in [0.5, 0.6) is 0 Å². The standard InChI is InChI=1S/C15H21ClN2OS/c16-15-9-13(17-14-3-8-20-11-14)2-1-12(15)10-18-4-6-19-7-5-18/h1-2,9,14,17H,3-8,10-11H2. The van der Waals surface area contributed by atoms with E-state index in [0.29, 0.717) is 6.04 Å². The van der Waals surface area contributed by atoms with Crippen molar-refractivity contribution in [2.75, 3.05) is 43.1 Å². The Balaban J connectivity index is 1.60. The second-order valence-corrected chi connectivity index (χ2v) is 6.96. The van der Waals surface area contributed by atoms with E-state index < -0.39 is 0 Å². The molecular formula is C15H21ClN2OS. The van der Waals surface area contributed by atoms with Gasteiger partial charge in [0.05, 0.1) is 13.2 Å². The molecule has 1 unspecified atom stereocenters. The highest BCUT2D eigenvalue weighted by Crippen LogP contribution is 2.26. The third-order valence-corrected chi connectivity index (χ3v) is 5.37. The van der Waals surface area contributed by atoms with Gasteiger partial charge in [0.15, 0.2) is 0 Å². The van der Waals surface area contributed by atoms with Gasteiger partial charge in [-0.2, -0.15) is 11.8 Å². The fourth-order valence-electron chi connectivity index (χ4n) is 2.65. The molecule has 0 bridgehead atoms. The predicted molar refractivity (Wildman–Crippen MR) is 86.9 cm³/mol. The van der Waals surface area contributed by atoms with Gasteiger partial charge in [0.1, 0.15) is 0 Å². The molecule has 5 heteroatoms. The van der Waals surface area contributed by atoms with E-state index in [4.69, 9.17) is 16.3 Å². The van der Waals surface area contributed by atoms with Crippen LogP contribution >= 0.6 is 23.4 Å². The molecule has 20 heavy (non-hydrogen) atoms. The summed E-state index contributed by atoms with van der Waals surface area (Å²) in [5.41, 5.74) is 2.35. The lowest BCUT2D eigenvalue weighted by molar-refractivity contribution is 0.0342. The number of anilines is 1. The Hall–Kier alpha value is -0.420. The fourth-order valence-corrected chi connectivity index (χ4v) is 4.04. The molecule has 0 aromatic heterocycles. The SMILES string of the molecule is Clc1cc(NC2CCSC2)ccc1CN1CCOCC1. The average Bonchev–Trinajstić information content (AvgIpc) is 2.96. The summed E-state index contributed by atoms with van der Waals surface area (Å²) >= 11 is 8.45. The van der Waals surface area contributed by atoms with Crippen LogP contribution in [-0.4, -0.2) is 48.8 Å². The summed E-state index contributed by atoms with van der Waals surface area (Å²) < 4.78 is 5.37. The predicted octanol–water partition coefficient (Wildman–Crippen LogP) is 3.09. The monoisotopic (exact) mass is 312 g/mol. The van der Waals surface area contributed by atoms with E-state index in [0.717, 1.165) is 43.6 Å². The molecule has 110 valence electrons. The number of benzene rings is 1. The van der Waals surface area contributed by atoms with Crippen molar-refractivity contribution >= 4 is 29.1 Å². The van der Waals surface area contributed by atoms with Gasteiger partial charge in [-0.25, -0.2) is 0 Å². The molecule has 1 aromatic carbocycles. The lowest BCUT2D eigenvalue weighted by atomic mass is 10.1. The van der Waals surface area contributed by atoms with Crippen LogP contribution in [0.15, 0.2) is 18.2 Å². The first-order chi connectivity index (χ1) is 9.81. The molecule has 3 rings (SSSR count). The van der Waals surface area contributed by atoms with Crippen molar-refractivity contribution < 1.29 is 4.74 Å². The van der Waals surface area contributed by atoms with Crippen LogP contribution < -0.4 is 5.32 Å². The van der Waals surface area contributed by atoms with E-state index in [2.05, 4.69) is 28.4 Å². The van der Waals surface area contributed by atoms with Gasteiger partial charge in [0.25, 0.3) is 0 Å². The smallest absolute Gasteiger partial charge is 0.0594 e. The van der Waals surface area contributed by atoms with E-state index >= 15 is 0 Å². The van der Waals surface area contributed by atoms with E-state index in [-0.39, 0.29) is 0 Å². The molecular weight excluding hydrogens is 292 g/mol. The zero-order valence-corrected chi connectivity index (χ0v) is 13.2. The zero-order chi connectivity index (χ0) is 13.8. The van der Waals surface area contributed by atoms with Gasteiger partial charge in [0.2, 0.25) is 0 Å². The Kier molecular flexibility index (Phi) is 5.10. The summed E-state index contributed by atoms with van der Waals surface area (Å²) in [7, 11) is 0. The van der Waals surface area contributed by atoms with Crippen molar-refractivity contribution in [2.24, 2.45) is 0 Å². The van der Waals surface area contributed by atoms with Gasteiger partial charge in [0, 0.05) is 42.1 Å². The highest BCUT2D eigenvalue weighted by atomic mass is 35.5. The van der Waals surface area contributed by atoms with Crippen LogP contribution in [0.1, 0.15) is 12.0 Å². The zero-order valence-electron chi connectivity index (χ0n) is 11.6. The molecule has 2 aliphatic heterocycles. The second-order valence-electron chi connectivity index (χ2n) is 5.40. The van der Waals surface area contributed by atoms with Crippen molar-refractivity contribution in [1.82, 2.24) is 4.90 Å². The van der Waals surface area contributed by atoms with Crippen LogP contribution in [0.25, 0.3) is 0 Å². The number of nitrogens with one attached hydrogen (secondary N) is 1. The van der Waals surface area contributed by atoms with Crippen molar-refractivity contribution in [1.29, 1.82) is 0 Å². The van der Waals surface area contributed by atoms with E-state index in [1.807, 2.05) is 11.8 Å². The minimum atomic E-state index is 0.598. The van der Waals surface area contributed by atoms with Crippen LogP contribution in [0, 0.1) is 0 Å². The summed E-state index contributed by atoms with van der Waals surface area (Å²) in [5.74, 6) is 2.47. The quantitative estimate of drug-likeness (QED) is 0.923. The Morgan fingerprint density at radius 3 is 2.90 bits per heavy atom. The van der Waals surface area contributed by atoms with Gasteiger partial charge < -0.3 is 10.1 Å². The number of thioether (sulfide) groups is 1. The minimum absolute atomic E-state index is 0.598. The molecule has 1 atom stereocenters. The third kappa shape index (κ3) is 3.82. The van der Waals surface area contributed by atoms with Crippen molar-refractivity contribution in [3.8, 4) is 0 Å². The lowest BCUT2D eigenvalue weighted by Crippen LogP contribution is -2.35.